The van der Waals surface area contributed by atoms with Gasteiger partial charge in [0.25, 0.3) is 0 Å². The number of carboxylic acids is 1. The van der Waals surface area contributed by atoms with Gasteiger partial charge >= 0.3 is 12.1 Å². The van der Waals surface area contributed by atoms with Gasteiger partial charge in [0.15, 0.2) is 0 Å². The van der Waals surface area contributed by atoms with Crippen LogP contribution in [0.1, 0.15) is 59.3 Å². The van der Waals surface area contributed by atoms with Gasteiger partial charge < -0.3 is 34.9 Å². The standard InChI is InChI=1S/C38H44N4O8/c1-37(2,3)50-36(47)40-28-15-11-6-5-10-14-24-21-38(24,35(45)46)41-33(43)31-19-26(22-42(31)34(28)44)49-32-20-29(23-12-8-7-9-13-23)39-30-18-25(48-4)16-17-27(30)32/h7-10,12-14,16-18,20,24,26,28,31H,5-6,11,15,19,21-22H2,1-4H3,(H,40,47)(H,41,43)(H,45,46)/t24?,26-,28+,31+,38-/m1/s1. The van der Waals surface area contributed by atoms with E-state index in [-0.39, 0.29) is 25.3 Å². The third-order valence-corrected chi connectivity index (χ3v) is 9.40. The van der Waals surface area contributed by atoms with Gasteiger partial charge in [0.05, 0.1) is 24.9 Å². The topological polar surface area (TPSA) is 156 Å². The maximum absolute atomic E-state index is 14.3. The summed E-state index contributed by atoms with van der Waals surface area (Å²) in [6, 6.07) is 15.0. The highest BCUT2D eigenvalue weighted by molar-refractivity contribution is 5.96. The van der Waals surface area contributed by atoms with Crippen LogP contribution in [0.5, 0.6) is 11.5 Å². The fourth-order valence-corrected chi connectivity index (χ4v) is 6.76. The molecule has 0 spiro atoms. The molecule has 12 heteroatoms. The van der Waals surface area contributed by atoms with Crippen LogP contribution in [-0.4, -0.2) is 81.8 Å². The van der Waals surface area contributed by atoms with E-state index in [1.807, 2.05) is 66.7 Å². The molecular weight excluding hydrogens is 640 g/mol. The lowest BCUT2D eigenvalue weighted by Crippen LogP contribution is -2.56. The number of fused-ring (bicyclic) bond motifs is 3. The summed E-state index contributed by atoms with van der Waals surface area (Å²) in [6.45, 7) is 5.25. The van der Waals surface area contributed by atoms with Gasteiger partial charge in [-0.1, -0.05) is 48.9 Å². The van der Waals surface area contributed by atoms with Crippen molar-refractivity contribution in [2.45, 2.75) is 88.6 Å². The SMILES string of the molecule is COc1ccc2c(O[C@@H]3C[C@H]4C(=O)N[C@]5(C(=O)O)CC5C=CCCCC[C@H](NC(=O)OC(C)(C)C)C(=O)N4C3)cc(-c3ccccc3)nc2c1. The van der Waals surface area contributed by atoms with Crippen LogP contribution in [0.3, 0.4) is 0 Å². The van der Waals surface area contributed by atoms with Gasteiger partial charge in [0.1, 0.15) is 40.8 Å². The maximum atomic E-state index is 14.3. The predicted octanol–water partition coefficient (Wildman–Crippen LogP) is 5.24. The fourth-order valence-electron chi connectivity index (χ4n) is 6.76. The quantitative estimate of drug-likeness (QED) is 0.296. The van der Waals surface area contributed by atoms with E-state index in [1.165, 1.54) is 4.90 Å². The molecule has 3 heterocycles. The van der Waals surface area contributed by atoms with Crippen molar-refractivity contribution in [2.24, 2.45) is 5.92 Å². The molecule has 3 N–H and O–H groups in total. The van der Waals surface area contributed by atoms with E-state index >= 15 is 0 Å². The lowest BCUT2D eigenvalue weighted by atomic mass is 10.0. The van der Waals surface area contributed by atoms with Crippen LogP contribution in [0.2, 0.25) is 0 Å². The summed E-state index contributed by atoms with van der Waals surface area (Å²) >= 11 is 0. The molecular formula is C38H44N4O8. The highest BCUT2D eigenvalue weighted by atomic mass is 16.6. The highest BCUT2D eigenvalue weighted by Gasteiger charge is 2.61. The normalized spacial score (nSPS) is 25.5. The van der Waals surface area contributed by atoms with Crippen molar-refractivity contribution in [3.8, 4) is 22.8 Å². The number of alkyl carbamates (subject to hydrolysis) is 1. The first-order valence-electron chi connectivity index (χ1n) is 17.1. The number of benzene rings is 2. The average Bonchev–Trinajstić information content (AvgIpc) is 3.61. The van der Waals surface area contributed by atoms with Gasteiger partial charge in [-0.15, -0.1) is 0 Å². The second-order valence-electron chi connectivity index (χ2n) is 14.2. The molecule has 1 unspecified atom stereocenters. The van der Waals surface area contributed by atoms with E-state index in [0.717, 1.165) is 17.4 Å². The number of allylic oxidation sites excluding steroid dienone is 1. The number of aliphatic carboxylic acids is 1. The minimum absolute atomic E-state index is 0.0352. The molecule has 5 atom stereocenters. The molecule has 1 aliphatic carbocycles. The number of nitrogens with one attached hydrogen (secondary N) is 2. The summed E-state index contributed by atoms with van der Waals surface area (Å²) in [5.41, 5.74) is -0.0295. The van der Waals surface area contributed by atoms with E-state index in [1.54, 1.807) is 27.9 Å². The molecule has 0 bridgehead atoms. The van der Waals surface area contributed by atoms with Crippen LogP contribution in [0.25, 0.3) is 22.2 Å². The van der Waals surface area contributed by atoms with E-state index in [2.05, 4.69) is 10.6 Å². The summed E-state index contributed by atoms with van der Waals surface area (Å²) in [6.07, 6.45) is 5.13. The summed E-state index contributed by atoms with van der Waals surface area (Å²) in [4.78, 5) is 60.0. The Morgan fingerprint density at radius 3 is 2.58 bits per heavy atom. The second-order valence-corrected chi connectivity index (χ2v) is 14.2. The summed E-state index contributed by atoms with van der Waals surface area (Å²) < 4.78 is 17.6. The average molecular weight is 685 g/mol. The van der Waals surface area contributed by atoms with E-state index in [4.69, 9.17) is 19.2 Å². The minimum atomic E-state index is -1.44. The van der Waals surface area contributed by atoms with Gasteiger partial charge in [-0.25, -0.2) is 14.6 Å². The fraction of sp³-hybridized carbons (Fsp3) is 0.447. The summed E-state index contributed by atoms with van der Waals surface area (Å²) in [5, 5.41) is 16.4. The molecule has 1 saturated heterocycles. The van der Waals surface area contributed by atoms with Gasteiger partial charge in [0, 0.05) is 35.4 Å². The van der Waals surface area contributed by atoms with Crippen molar-refractivity contribution >= 4 is 34.8 Å². The lowest BCUT2D eigenvalue weighted by molar-refractivity contribution is -0.145. The van der Waals surface area contributed by atoms with Crippen LogP contribution in [0.4, 0.5) is 4.79 Å². The number of ether oxygens (including phenoxy) is 3. The van der Waals surface area contributed by atoms with Crippen molar-refractivity contribution in [3.05, 3.63) is 66.7 Å². The Labute approximate surface area is 291 Å². The monoisotopic (exact) mass is 684 g/mol. The maximum Gasteiger partial charge on any atom is 0.408 e. The van der Waals surface area contributed by atoms with Gasteiger partial charge in [0.2, 0.25) is 11.8 Å². The number of pyridine rings is 1. The number of hydrogen-bond acceptors (Lipinski definition) is 8. The third-order valence-electron chi connectivity index (χ3n) is 9.40. The molecule has 1 saturated carbocycles. The smallest absolute Gasteiger partial charge is 0.408 e. The Hall–Kier alpha value is -5.13. The zero-order valence-electron chi connectivity index (χ0n) is 28.8. The van der Waals surface area contributed by atoms with Crippen molar-refractivity contribution in [3.63, 3.8) is 0 Å². The van der Waals surface area contributed by atoms with Crippen molar-refractivity contribution < 1.29 is 38.5 Å². The zero-order valence-corrected chi connectivity index (χ0v) is 28.8. The molecule has 3 aromatic rings. The summed E-state index contributed by atoms with van der Waals surface area (Å²) in [7, 11) is 1.58. The molecule has 2 aliphatic heterocycles. The van der Waals surface area contributed by atoms with Crippen molar-refractivity contribution in [1.29, 1.82) is 0 Å². The minimum Gasteiger partial charge on any atom is -0.497 e. The van der Waals surface area contributed by atoms with E-state index < -0.39 is 53.2 Å². The molecule has 50 heavy (non-hydrogen) atoms. The Morgan fingerprint density at radius 1 is 1.08 bits per heavy atom. The number of amides is 3. The molecule has 2 aromatic carbocycles. The number of aromatic nitrogens is 1. The van der Waals surface area contributed by atoms with Gasteiger partial charge in [-0.05, 0) is 58.6 Å². The number of carboxylic acid groups (broad SMARTS) is 1. The number of methoxy groups -OCH3 is 1. The van der Waals surface area contributed by atoms with E-state index in [9.17, 15) is 24.3 Å². The molecule has 1 aromatic heterocycles. The number of rotatable bonds is 6. The lowest BCUT2D eigenvalue weighted by Gasteiger charge is -2.30. The molecule has 6 rings (SSSR count). The van der Waals surface area contributed by atoms with Gasteiger partial charge in [-0.2, -0.15) is 0 Å². The Bertz CT molecular complexity index is 1810. The first-order chi connectivity index (χ1) is 23.9. The first-order valence-corrected chi connectivity index (χ1v) is 17.1. The third kappa shape index (κ3) is 7.54. The zero-order chi connectivity index (χ0) is 35.6. The highest BCUT2D eigenvalue weighted by Crippen LogP contribution is 2.45. The van der Waals surface area contributed by atoms with Crippen LogP contribution < -0.4 is 20.1 Å². The second kappa shape index (κ2) is 14.0. The molecule has 2 fully saturated rings. The Kier molecular flexibility index (Phi) is 9.73. The number of nitrogens with zero attached hydrogens (tertiary/aromatic N) is 2. The Morgan fingerprint density at radius 2 is 1.86 bits per heavy atom. The van der Waals surface area contributed by atoms with Crippen molar-refractivity contribution in [2.75, 3.05) is 13.7 Å². The van der Waals surface area contributed by atoms with Gasteiger partial charge in [-0.3, -0.25) is 9.59 Å². The predicted molar refractivity (Wildman–Crippen MR) is 186 cm³/mol. The van der Waals surface area contributed by atoms with Crippen LogP contribution in [0, 0.1) is 5.92 Å². The first kappa shape index (κ1) is 34.7. The van der Waals surface area contributed by atoms with Crippen LogP contribution in [0.15, 0.2) is 66.7 Å². The molecule has 3 aliphatic rings. The molecule has 0 radical (unpaired) electrons. The number of carbonyl (C=O) groups is 4. The number of carbonyl (C=O) groups excluding carboxylic acids is 3. The molecule has 264 valence electrons. The largest absolute Gasteiger partial charge is 0.497 e. The van der Waals surface area contributed by atoms with Crippen molar-refractivity contribution in [1.82, 2.24) is 20.5 Å². The molecule has 3 amide bonds. The van der Waals surface area contributed by atoms with E-state index in [0.29, 0.717) is 42.0 Å². The number of hydrogen-bond donors (Lipinski definition) is 3. The van der Waals surface area contributed by atoms with Crippen LogP contribution in [-0.2, 0) is 19.1 Å². The van der Waals surface area contributed by atoms with Crippen LogP contribution >= 0.6 is 0 Å². The Balaban J connectivity index is 1.34. The molecule has 12 nitrogen and oxygen atoms in total. The summed E-state index contributed by atoms with van der Waals surface area (Å²) in [5.74, 6) is -1.36.